The number of benzene rings is 3. The fourth-order valence-corrected chi connectivity index (χ4v) is 4.34. The van der Waals surface area contributed by atoms with E-state index in [0.717, 1.165) is 29.0 Å². The lowest BCUT2D eigenvalue weighted by Crippen LogP contribution is -2.32. The molecule has 3 aromatic rings. The Bertz CT molecular complexity index is 1110. The first-order chi connectivity index (χ1) is 15.1. The second kappa shape index (κ2) is 9.67. The highest BCUT2D eigenvalue weighted by atomic mass is 32.2. The normalized spacial score (nSPS) is 15.1. The van der Waals surface area contributed by atoms with Crippen LogP contribution < -0.4 is 10.6 Å². The van der Waals surface area contributed by atoms with E-state index in [0.29, 0.717) is 10.5 Å². The van der Waals surface area contributed by atoms with Gasteiger partial charge in [-0.05, 0) is 61.2 Å². The molecule has 0 unspecified atom stereocenters. The Hall–Kier alpha value is -3.31. The van der Waals surface area contributed by atoms with Crippen molar-refractivity contribution >= 4 is 35.3 Å². The van der Waals surface area contributed by atoms with Crippen LogP contribution in [0.2, 0.25) is 0 Å². The van der Waals surface area contributed by atoms with Crippen molar-refractivity contribution in [3.63, 3.8) is 0 Å². The fourth-order valence-electron chi connectivity index (χ4n) is 3.39. The lowest BCUT2D eigenvalue weighted by Gasteiger charge is -2.18. The minimum atomic E-state index is -0.113. The molecular formula is C26H24N2O2S. The van der Waals surface area contributed by atoms with E-state index in [9.17, 15) is 9.59 Å². The van der Waals surface area contributed by atoms with E-state index in [2.05, 4.69) is 22.8 Å². The first-order valence-corrected chi connectivity index (χ1v) is 11.1. The molecule has 2 N–H and O–H groups in total. The molecule has 0 saturated heterocycles. The Balaban J connectivity index is 1.36. The maximum absolute atomic E-state index is 12.6. The number of rotatable bonds is 6. The lowest BCUT2D eigenvalue weighted by molar-refractivity contribution is -0.112. The van der Waals surface area contributed by atoms with Crippen LogP contribution in [-0.2, 0) is 11.2 Å². The van der Waals surface area contributed by atoms with Crippen LogP contribution >= 0.6 is 11.8 Å². The molecule has 156 valence electrons. The van der Waals surface area contributed by atoms with Crippen molar-refractivity contribution in [3.8, 4) is 0 Å². The number of thioether (sulfide) groups is 1. The molecule has 1 heterocycles. The Kier molecular flexibility index (Phi) is 6.53. The third-order valence-corrected chi connectivity index (χ3v) is 6.24. The molecule has 0 aromatic heterocycles. The van der Waals surface area contributed by atoms with Crippen LogP contribution in [0.1, 0.15) is 34.8 Å². The lowest BCUT2D eigenvalue weighted by atomic mass is 10.1. The zero-order valence-electron chi connectivity index (χ0n) is 17.3. The van der Waals surface area contributed by atoms with Gasteiger partial charge in [0.25, 0.3) is 11.8 Å². The van der Waals surface area contributed by atoms with Gasteiger partial charge < -0.3 is 10.6 Å². The molecule has 4 rings (SSSR count). The summed E-state index contributed by atoms with van der Waals surface area (Å²) in [5, 5.41) is 5.98. The largest absolute Gasteiger partial charge is 0.350 e. The highest BCUT2D eigenvalue weighted by molar-refractivity contribution is 8.04. The zero-order chi connectivity index (χ0) is 21.6. The van der Waals surface area contributed by atoms with Gasteiger partial charge in [0, 0.05) is 16.5 Å². The van der Waals surface area contributed by atoms with Gasteiger partial charge in [0.2, 0.25) is 0 Å². The van der Waals surface area contributed by atoms with Crippen LogP contribution in [0.15, 0.2) is 88.7 Å². The summed E-state index contributed by atoms with van der Waals surface area (Å²) in [7, 11) is 0. The molecule has 0 bridgehead atoms. The Labute approximate surface area is 186 Å². The second-order valence-corrected chi connectivity index (χ2v) is 8.67. The summed E-state index contributed by atoms with van der Waals surface area (Å²) >= 11 is 1.45. The number of hydrogen-bond acceptors (Lipinski definition) is 3. The van der Waals surface area contributed by atoms with Crippen LogP contribution in [0.5, 0.6) is 0 Å². The molecule has 1 aliphatic rings. The van der Waals surface area contributed by atoms with Crippen LogP contribution in [0.25, 0.3) is 6.08 Å². The quantitative estimate of drug-likeness (QED) is 0.508. The van der Waals surface area contributed by atoms with Crippen molar-refractivity contribution < 1.29 is 9.59 Å². The van der Waals surface area contributed by atoms with Crippen LogP contribution in [0.3, 0.4) is 0 Å². The van der Waals surface area contributed by atoms with Gasteiger partial charge in [-0.15, -0.1) is 0 Å². The minimum Gasteiger partial charge on any atom is -0.350 e. The van der Waals surface area contributed by atoms with Crippen molar-refractivity contribution in [2.24, 2.45) is 0 Å². The first-order valence-electron chi connectivity index (χ1n) is 10.3. The maximum Gasteiger partial charge on any atom is 0.262 e. The van der Waals surface area contributed by atoms with Gasteiger partial charge in [0.05, 0.1) is 10.6 Å². The molecule has 1 aliphatic heterocycles. The summed E-state index contributed by atoms with van der Waals surface area (Å²) in [5.74, 6) is -0.198. The monoisotopic (exact) mass is 428 g/mol. The van der Waals surface area contributed by atoms with Crippen molar-refractivity contribution in [1.29, 1.82) is 0 Å². The van der Waals surface area contributed by atoms with Crippen molar-refractivity contribution in [2.45, 2.75) is 30.7 Å². The number of carbonyl (C=O) groups is 2. The highest BCUT2D eigenvalue weighted by Crippen LogP contribution is 2.38. The number of amides is 2. The Morgan fingerprint density at radius 2 is 1.71 bits per heavy atom. The highest BCUT2D eigenvalue weighted by Gasteiger charge is 2.20. The predicted molar refractivity (Wildman–Crippen MR) is 127 cm³/mol. The summed E-state index contributed by atoms with van der Waals surface area (Å²) in [5.41, 5.74) is 3.60. The molecular weight excluding hydrogens is 404 g/mol. The average Bonchev–Trinajstić information content (AvgIpc) is 2.79. The Morgan fingerprint density at radius 1 is 1.00 bits per heavy atom. The maximum atomic E-state index is 12.6. The van der Waals surface area contributed by atoms with Gasteiger partial charge in [-0.1, -0.05) is 66.4 Å². The molecule has 0 spiro atoms. The number of carbonyl (C=O) groups excluding carboxylic acids is 2. The second-order valence-electron chi connectivity index (χ2n) is 7.58. The molecule has 0 fully saturated rings. The van der Waals surface area contributed by atoms with E-state index in [-0.39, 0.29) is 17.9 Å². The third-order valence-electron chi connectivity index (χ3n) is 5.14. The fraction of sp³-hybridized carbons (Fsp3) is 0.154. The number of hydrogen-bond donors (Lipinski definition) is 2. The number of anilines is 1. The van der Waals surface area contributed by atoms with Crippen molar-refractivity contribution in [2.75, 3.05) is 5.32 Å². The van der Waals surface area contributed by atoms with Crippen LogP contribution in [0, 0.1) is 0 Å². The smallest absolute Gasteiger partial charge is 0.262 e. The summed E-state index contributed by atoms with van der Waals surface area (Å²) in [6.07, 6.45) is 3.66. The van der Waals surface area contributed by atoms with Crippen LogP contribution in [0.4, 0.5) is 5.69 Å². The van der Waals surface area contributed by atoms with Gasteiger partial charge in [-0.2, -0.15) is 0 Å². The molecule has 1 atom stereocenters. The minimum absolute atomic E-state index is 0.0805. The third kappa shape index (κ3) is 5.44. The number of fused-ring (bicyclic) bond motifs is 1. The van der Waals surface area contributed by atoms with E-state index in [1.54, 1.807) is 12.1 Å². The van der Waals surface area contributed by atoms with Crippen molar-refractivity contribution in [1.82, 2.24) is 5.32 Å². The number of para-hydroxylation sites is 1. The standard InChI is InChI=1S/C26H24N2O2S/c1-18(11-12-19-7-3-2-4-8-19)27-25(29)21-15-13-20(14-16-21)17-24-26(30)28-22-9-5-6-10-23(22)31-24/h2-10,13-18H,11-12H2,1H3,(H,27,29)(H,28,30)/b24-17+/t18-/m1/s1. The SMILES string of the molecule is C[C@H](CCc1ccccc1)NC(=O)c1ccc(/C=C2/Sc3ccccc3NC2=O)cc1. The molecule has 31 heavy (non-hydrogen) atoms. The van der Waals surface area contributed by atoms with Crippen LogP contribution in [-0.4, -0.2) is 17.9 Å². The molecule has 0 saturated carbocycles. The molecule has 0 radical (unpaired) electrons. The summed E-state index contributed by atoms with van der Waals surface area (Å²) < 4.78 is 0. The zero-order valence-corrected chi connectivity index (χ0v) is 18.1. The van der Waals surface area contributed by atoms with E-state index in [4.69, 9.17) is 0 Å². The summed E-state index contributed by atoms with van der Waals surface area (Å²) in [6.45, 7) is 2.02. The van der Waals surface area contributed by atoms with Crippen molar-refractivity contribution in [3.05, 3.63) is 100 Å². The topological polar surface area (TPSA) is 58.2 Å². The molecule has 2 amide bonds. The van der Waals surface area contributed by atoms with E-state index < -0.39 is 0 Å². The van der Waals surface area contributed by atoms with Gasteiger partial charge >= 0.3 is 0 Å². The molecule has 5 heteroatoms. The molecule has 3 aromatic carbocycles. The molecule has 4 nitrogen and oxygen atoms in total. The van der Waals surface area contributed by atoms with Gasteiger partial charge in [-0.25, -0.2) is 0 Å². The summed E-state index contributed by atoms with van der Waals surface area (Å²) in [4.78, 5) is 26.6. The number of nitrogens with one attached hydrogen (secondary N) is 2. The van der Waals surface area contributed by atoms with E-state index in [1.807, 2.05) is 67.6 Å². The Morgan fingerprint density at radius 3 is 2.48 bits per heavy atom. The first kappa shape index (κ1) is 20.9. The van der Waals surface area contributed by atoms with E-state index >= 15 is 0 Å². The molecule has 0 aliphatic carbocycles. The van der Waals surface area contributed by atoms with Gasteiger partial charge in [0.1, 0.15) is 0 Å². The summed E-state index contributed by atoms with van der Waals surface area (Å²) in [6, 6.07) is 25.4. The average molecular weight is 429 g/mol. The van der Waals surface area contributed by atoms with E-state index in [1.165, 1.54) is 17.3 Å². The predicted octanol–water partition coefficient (Wildman–Crippen LogP) is 5.52. The number of aryl methyl sites for hydroxylation is 1. The van der Waals surface area contributed by atoms with Gasteiger partial charge in [0.15, 0.2) is 0 Å². The van der Waals surface area contributed by atoms with Gasteiger partial charge in [-0.3, -0.25) is 9.59 Å².